The van der Waals surface area contributed by atoms with Gasteiger partial charge in [-0.2, -0.15) is 5.10 Å². The second-order valence-electron chi connectivity index (χ2n) is 4.36. The van der Waals surface area contributed by atoms with Crippen molar-refractivity contribution in [3.8, 4) is 16.9 Å². The van der Waals surface area contributed by atoms with E-state index in [0.29, 0.717) is 22.2 Å². The van der Waals surface area contributed by atoms with E-state index in [0.717, 1.165) is 5.56 Å². The standard InChI is InChI=1S/C15H11ClFN3/c16-11-4-1-3-10(7-11)14-9-15(18)20(19-14)13-6-2-5-12(17)8-13/h1-9H,18H2. The van der Waals surface area contributed by atoms with Crippen LogP contribution in [0.15, 0.2) is 54.6 Å². The molecule has 0 unspecified atom stereocenters. The van der Waals surface area contributed by atoms with Gasteiger partial charge in [-0.15, -0.1) is 0 Å². The Balaban J connectivity index is 2.08. The van der Waals surface area contributed by atoms with Gasteiger partial charge in [0, 0.05) is 16.7 Å². The number of aromatic nitrogens is 2. The summed E-state index contributed by atoms with van der Waals surface area (Å²) >= 11 is 5.96. The highest BCUT2D eigenvalue weighted by molar-refractivity contribution is 6.30. The fourth-order valence-corrected chi connectivity index (χ4v) is 2.19. The molecule has 2 N–H and O–H groups in total. The number of hydrogen-bond acceptors (Lipinski definition) is 2. The SMILES string of the molecule is Nc1cc(-c2cccc(Cl)c2)nn1-c1cccc(F)c1. The molecule has 3 rings (SSSR count). The van der Waals surface area contributed by atoms with E-state index in [1.165, 1.54) is 16.8 Å². The minimum absolute atomic E-state index is 0.332. The summed E-state index contributed by atoms with van der Waals surface area (Å²) in [6.07, 6.45) is 0. The Morgan fingerprint density at radius 3 is 2.60 bits per heavy atom. The van der Waals surface area contributed by atoms with Crippen molar-refractivity contribution in [2.75, 3.05) is 5.73 Å². The van der Waals surface area contributed by atoms with Gasteiger partial charge in [0.15, 0.2) is 0 Å². The first-order valence-corrected chi connectivity index (χ1v) is 6.39. The summed E-state index contributed by atoms with van der Waals surface area (Å²) in [7, 11) is 0. The number of halogens is 2. The number of nitrogen functional groups attached to an aromatic ring is 1. The van der Waals surface area contributed by atoms with Crippen molar-refractivity contribution in [2.45, 2.75) is 0 Å². The third kappa shape index (κ3) is 2.38. The van der Waals surface area contributed by atoms with Crippen LogP contribution in [0.5, 0.6) is 0 Å². The average molecular weight is 288 g/mol. The van der Waals surface area contributed by atoms with Crippen LogP contribution in [-0.2, 0) is 0 Å². The van der Waals surface area contributed by atoms with Crippen molar-refractivity contribution in [2.24, 2.45) is 0 Å². The molecule has 5 heteroatoms. The molecule has 3 aromatic rings. The maximum atomic E-state index is 13.3. The molecule has 0 saturated heterocycles. The molecule has 3 nitrogen and oxygen atoms in total. The summed E-state index contributed by atoms with van der Waals surface area (Å²) in [5.41, 5.74) is 8.07. The first-order chi connectivity index (χ1) is 9.63. The zero-order chi connectivity index (χ0) is 14.1. The molecule has 2 aromatic carbocycles. The smallest absolute Gasteiger partial charge is 0.127 e. The second-order valence-corrected chi connectivity index (χ2v) is 4.79. The van der Waals surface area contributed by atoms with Crippen LogP contribution < -0.4 is 5.73 Å². The lowest BCUT2D eigenvalue weighted by atomic mass is 10.1. The average Bonchev–Trinajstić information content (AvgIpc) is 2.81. The topological polar surface area (TPSA) is 43.8 Å². The van der Waals surface area contributed by atoms with Crippen LogP contribution in [0.1, 0.15) is 0 Å². The molecule has 0 atom stereocenters. The van der Waals surface area contributed by atoms with E-state index in [9.17, 15) is 4.39 Å². The Hall–Kier alpha value is -2.33. The van der Waals surface area contributed by atoms with E-state index >= 15 is 0 Å². The predicted octanol–water partition coefficient (Wildman–Crippen LogP) is 3.91. The van der Waals surface area contributed by atoms with Crippen molar-refractivity contribution in [3.05, 3.63) is 65.4 Å². The Morgan fingerprint density at radius 2 is 1.85 bits per heavy atom. The lowest BCUT2D eigenvalue weighted by Crippen LogP contribution is -2.01. The van der Waals surface area contributed by atoms with Crippen LogP contribution in [0, 0.1) is 5.82 Å². The molecule has 0 aliphatic heterocycles. The summed E-state index contributed by atoms with van der Waals surface area (Å²) in [4.78, 5) is 0. The molecule has 0 aliphatic rings. The third-order valence-corrected chi connectivity index (χ3v) is 3.15. The zero-order valence-corrected chi connectivity index (χ0v) is 11.2. The number of rotatable bonds is 2. The lowest BCUT2D eigenvalue weighted by molar-refractivity contribution is 0.625. The van der Waals surface area contributed by atoms with E-state index in [4.69, 9.17) is 17.3 Å². The fourth-order valence-electron chi connectivity index (χ4n) is 2.00. The van der Waals surface area contributed by atoms with Crippen LogP contribution in [0.4, 0.5) is 10.2 Å². The van der Waals surface area contributed by atoms with Crippen LogP contribution in [0.3, 0.4) is 0 Å². The van der Waals surface area contributed by atoms with E-state index in [1.807, 2.05) is 12.1 Å². The Morgan fingerprint density at radius 1 is 1.05 bits per heavy atom. The largest absolute Gasteiger partial charge is 0.384 e. The summed E-state index contributed by atoms with van der Waals surface area (Å²) in [6.45, 7) is 0. The number of benzene rings is 2. The van der Waals surface area contributed by atoms with Crippen molar-refractivity contribution in [3.63, 3.8) is 0 Å². The highest BCUT2D eigenvalue weighted by Crippen LogP contribution is 2.25. The molecule has 20 heavy (non-hydrogen) atoms. The van der Waals surface area contributed by atoms with Gasteiger partial charge >= 0.3 is 0 Å². The first kappa shape index (κ1) is 12.7. The molecule has 0 aliphatic carbocycles. The van der Waals surface area contributed by atoms with Crippen molar-refractivity contribution >= 4 is 17.4 Å². The van der Waals surface area contributed by atoms with Crippen molar-refractivity contribution in [1.29, 1.82) is 0 Å². The number of anilines is 1. The van der Waals surface area contributed by atoms with Gasteiger partial charge in [0.2, 0.25) is 0 Å². The first-order valence-electron chi connectivity index (χ1n) is 6.01. The molecule has 100 valence electrons. The van der Waals surface area contributed by atoms with Gasteiger partial charge in [0.1, 0.15) is 11.6 Å². The van der Waals surface area contributed by atoms with Gasteiger partial charge in [-0.3, -0.25) is 0 Å². The summed E-state index contributed by atoms with van der Waals surface area (Å²) in [6, 6.07) is 15.2. The van der Waals surface area contributed by atoms with Crippen molar-refractivity contribution < 1.29 is 4.39 Å². The molecular formula is C15H11ClFN3. The monoisotopic (exact) mass is 287 g/mol. The van der Waals surface area contributed by atoms with Gasteiger partial charge < -0.3 is 5.73 Å². The van der Waals surface area contributed by atoms with Gasteiger partial charge in [-0.25, -0.2) is 9.07 Å². The van der Waals surface area contributed by atoms with Crippen LogP contribution in [0.2, 0.25) is 5.02 Å². The summed E-state index contributed by atoms with van der Waals surface area (Å²) < 4.78 is 14.8. The van der Waals surface area contributed by atoms with E-state index in [-0.39, 0.29) is 5.82 Å². The number of nitrogens with zero attached hydrogens (tertiary/aromatic N) is 2. The van der Waals surface area contributed by atoms with Crippen LogP contribution >= 0.6 is 11.6 Å². The van der Waals surface area contributed by atoms with Gasteiger partial charge in [-0.05, 0) is 30.3 Å². The lowest BCUT2D eigenvalue weighted by Gasteiger charge is -2.03. The zero-order valence-electron chi connectivity index (χ0n) is 10.4. The number of nitrogens with two attached hydrogens (primary N) is 1. The quantitative estimate of drug-likeness (QED) is 0.776. The highest BCUT2D eigenvalue weighted by atomic mass is 35.5. The van der Waals surface area contributed by atoms with Gasteiger partial charge in [0.05, 0.1) is 11.4 Å². The van der Waals surface area contributed by atoms with E-state index in [1.54, 1.807) is 30.3 Å². The molecule has 0 bridgehead atoms. The fraction of sp³-hybridized carbons (Fsp3) is 0. The van der Waals surface area contributed by atoms with E-state index in [2.05, 4.69) is 5.10 Å². The van der Waals surface area contributed by atoms with E-state index < -0.39 is 0 Å². The Kier molecular flexibility index (Phi) is 3.16. The van der Waals surface area contributed by atoms with Crippen LogP contribution in [0.25, 0.3) is 16.9 Å². The van der Waals surface area contributed by atoms with Crippen LogP contribution in [-0.4, -0.2) is 9.78 Å². The molecule has 0 saturated carbocycles. The number of hydrogen-bond donors (Lipinski definition) is 1. The molecule has 0 amide bonds. The Bertz CT molecular complexity index is 767. The molecule has 0 fully saturated rings. The normalized spacial score (nSPS) is 10.7. The summed E-state index contributed by atoms with van der Waals surface area (Å²) in [5.74, 6) is 0.104. The molecular weight excluding hydrogens is 277 g/mol. The van der Waals surface area contributed by atoms with Gasteiger partial charge in [-0.1, -0.05) is 29.8 Å². The summed E-state index contributed by atoms with van der Waals surface area (Å²) in [5, 5.41) is 5.03. The van der Waals surface area contributed by atoms with Crippen molar-refractivity contribution in [1.82, 2.24) is 9.78 Å². The highest BCUT2D eigenvalue weighted by Gasteiger charge is 2.09. The molecule has 0 spiro atoms. The molecule has 1 heterocycles. The Labute approximate surface area is 120 Å². The maximum Gasteiger partial charge on any atom is 0.127 e. The maximum absolute atomic E-state index is 13.3. The minimum Gasteiger partial charge on any atom is -0.384 e. The predicted molar refractivity (Wildman–Crippen MR) is 78.4 cm³/mol. The molecule has 1 aromatic heterocycles. The second kappa shape index (κ2) is 4.98. The third-order valence-electron chi connectivity index (χ3n) is 2.91. The minimum atomic E-state index is -0.332. The molecule has 0 radical (unpaired) electrons. The van der Waals surface area contributed by atoms with Gasteiger partial charge in [0.25, 0.3) is 0 Å².